The molecule has 1 saturated heterocycles. The Kier molecular flexibility index (Phi) is 5.12. The van der Waals surface area contributed by atoms with E-state index in [1.54, 1.807) is 72.8 Å². The average molecular weight is 470 g/mol. The fraction of sp³-hybridized carbons (Fsp3) is 0.167. The number of rotatable bonds is 5. The summed E-state index contributed by atoms with van der Waals surface area (Å²) in [5, 5.41) is 18.9. The van der Waals surface area contributed by atoms with E-state index in [9.17, 15) is 18.6 Å². The number of para-hydroxylation sites is 1. The summed E-state index contributed by atoms with van der Waals surface area (Å²) in [5.74, 6) is 0.267. The van der Waals surface area contributed by atoms with E-state index in [1.807, 2.05) is 0 Å². The number of ether oxygens (including phenoxy) is 1. The zero-order valence-corrected chi connectivity index (χ0v) is 18.3. The minimum atomic E-state index is -3.81. The number of halogens is 1. The van der Waals surface area contributed by atoms with Crippen LogP contribution in [0.15, 0.2) is 72.8 Å². The lowest BCUT2D eigenvalue weighted by molar-refractivity contribution is 0.128. The summed E-state index contributed by atoms with van der Waals surface area (Å²) in [5.41, 5.74) is 3.61. The van der Waals surface area contributed by atoms with Crippen molar-refractivity contribution in [1.82, 2.24) is 0 Å². The van der Waals surface area contributed by atoms with Gasteiger partial charge in [-0.1, -0.05) is 48.0 Å². The standard InChI is InChI=1S/C24H20ClNO5S/c25-18-3-1-2-4-19(18)26-32(29,30)21-13-20-22(14-5-9-16(27)10-6-14)23(24(21)31-20)15-7-11-17(28)12-8-15/h1-12,20-21,24,26-28H,13H2/t20-,21+,24+/m0/s1. The number of sulfonamides is 1. The summed E-state index contributed by atoms with van der Waals surface area (Å²) >= 11 is 6.16. The van der Waals surface area contributed by atoms with Crippen LogP contribution in [0, 0.1) is 0 Å². The van der Waals surface area contributed by atoms with Crippen molar-refractivity contribution in [1.29, 1.82) is 0 Å². The van der Waals surface area contributed by atoms with Gasteiger partial charge in [-0.3, -0.25) is 4.72 Å². The fourth-order valence-electron chi connectivity index (χ4n) is 4.43. The lowest BCUT2D eigenvalue weighted by Gasteiger charge is -2.25. The molecule has 2 aliphatic heterocycles. The summed E-state index contributed by atoms with van der Waals surface area (Å²) in [6.45, 7) is 0. The first kappa shape index (κ1) is 20.9. The Bertz CT molecular complexity index is 1300. The second kappa shape index (κ2) is 7.85. The van der Waals surface area contributed by atoms with Crippen LogP contribution in [0.3, 0.4) is 0 Å². The van der Waals surface area contributed by atoms with Gasteiger partial charge in [0.05, 0.1) is 16.8 Å². The van der Waals surface area contributed by atoms with Gasteiger partial charge in [-0.05, 0) is 65.1 Å². The van der Waals surface area contributed by atoms with E-state index in [4.69, 9.17) is 16.3 Å². The Morgan fingerprint density at radius 1 is 0.844 bits per heavy atom. The van der Waals surface area contributed by atoms with E-state index in [2.05, 4.69) is 4.72 Å². The number of phenolic OH excluding ortho intramolecular Hbond substituents is 2. The van der Waals surface area contributed by atoms with Crippen LogP contribution >= 0.6 is 11.6 Å². The maximum atomic E-state index is 13.3. The molecule has 2 aliphatic rings. The van der Waals surface area contributed by atoms with Gasteiger partial charge in [0, 0.05) is 0 Å². The molecule has 1 fully saturated rings. The second-order valence-electron chi connectivity index (χ2n) is 7.87. The highest BCUT2D eigenvalue weighted by atomic mass is 35.5. The molecular formula is C24H20ClNO5S. The molecule has 3 aromatic carbocycles. The fourth-order valence-corrected chi connectivity index (χ4v) is 6.26. The minimum absolute atomic E-state index is 0.120. The summed E-state index contributed by atoms with van der Waals surface area (Å²) < 4.78 is 35.4. The molecule has 2 bridgehead atoms. The van der Waals surface area contributed by atoms with Crippen molar-refractivity contribution in [3.63, 3.8) is 0 Å². The highest BCUT2D eigenvalue weighted by molar-refractivity contribution is 7.93. The highest BCUT2D eigenvalue weighted by Gasteiger charge is 2.52. The molecule has 3 N–H and O–H groups in total. The van der Waals surface area contributed by atoms with Crippen molar-refractivity contribution in [2.75, 3.05) is 4.72 Å². The molecule has 3 atom stereocenters. The van der Waals surface area contributed by atoms with Gasteiger partial charge in [-0.2, -0.15) is 0 Å². The number of benzene rings is 3. The maximum absolute atomic E-state index is 13.3. The first-order valence-corrected chi connectivity index (χ1v) is 12.0. The summed E-state index contributed by atoms with van der Waals surface area (Å²) in [6.07, 6.45) is -0.808. The number of hydrogen-bond donors (Lipinski definition) is 3. The predicted octanol–water partition coefficient (Wildman–Crippen LogP) is 4.64. The molecule has 0 aliphatic carbocycles. The van der Waals surface area contributed by atoms with Gasteiger partial charge in [0.15, 0.2) is 0 Å². The molecule has 0 radical (unpaired) electrons. The quantitative estimate of drug-likeness (QED) is 0.505. The van der Waals surface area contributed by atoms with Crippen LogP contribution in [0.25, 0.3) is 11.1 Å². The van der Waals surface area contributed by atoms with Crippen molar-refractivity contribution in [3.05, 3.63) is 88.9 Å². The van der Waals surface area contributed by atoms with Gasteiger partial charge >= 0.3 is 0 Å². The average Bonchev–Trinajstić information content (AvgIpc) is 3.36. The molecule has 0 spiro atoms. The summed E-state index contributed by atoms with van der Waals surface area (Å²) in [6, 6.07) is 20.1. The second-order valence-corrected chi connectivity index (χ2v) is 10.2. The zero-order valence-electron chi connectivity index (χ0n) is 16.8. The normalized spacial score (nSPS) is 22.3. The third-order valence-electron chi connectivity index (χ3n) is 5.87. The molecule has 0 saturated carbocycles. The van der Waals surface area contributed by atoms with Crippen LogP contribution in [0.1, 0.15) is 17.5 Å². The minimum Gasteiger partial charge on any atom is -0.508 e. The van der Waals surface area contributed by atoms with Gasteiger partial charge in [0.1, 0.15) is 22.9 Å². The van der Waals surface area contributed by atoms with E-state index in [0.717, 1.165) is 22.3 Å². The third-order valence-corrected chi connectivity index (χ3v) is 7.94. The number of anilines is 1. The van der Waals surface area contributed by atoms with Crippen LogP contribution in [-0.2, 0) is 14.8 Å². The first-order valence-electron chi connectivity index (χ1n) is 10.1. The highest BCUT2D eigenvalue weighted by Crippen LogP contribution is 2.51. The largest absolute Gasteiger partial charge is 0.508 e. The van der Waals surface area contributed by atoms with Crippen LogP contribution < -0.4 is 4.72 Å². The Balaban J connectivity index is 1.57. The maximum Gasteiger partial charge on any atom is 0.238 e. The molecule has 0 aromatic heterocycles. The van der Waals surface area contributed by atoms with E-state index in [1.165, 1.54) is 0 Å². The monoisotopic (exact) mass is 469 g/mol. The third kappa shape index (κ3) is 3.62. The Hall–Kier alpha value is -3.00. The molecule has 164 valence electrons. The Morgan fingerprint density at radius 3 is 2.00 bits per heavy atom. The van der Waals surface area contributed by atoms with E-state index >= 15 is 0 Å². The SMILES string of the molecule is O=S(=O)(Nc1ccccc1Cl)[C@@H]1C[C@@H]2O[C@H]1C(c1ccc(O)cc1)=C2c1ccc(O)cc1. The summed E-state index contributed by atoms with van der Waals surface area (Å²) in [4.78, 5) is 0. The van der Waals surface area contributed by atoms with Gasteiger partial charge < -0.3 is 14.9 Å². The van der Waals surface area contributed by atoms with E-state index < -0.39 is 27.5 Å². The number of hydrogen-bond acceptors (Lipinski definition) is 5. The van der Waals surface area contributed by atoms with Crippen LogP contribution in [0.4, 0.5) is 5.69 Å². The van der Waals surface area contributed by atoms with Gasteiger partial charge in [-0.15, -0.1) is 0 Å². The number of nitrogens with one attached hydrogen (secondary N) is 1. The number of fused-ring (bicyclic) bond motifs is 2. The molecule has 0 amide bonds. The first-order chi connectivity index (χ1) is 15.3. The van der Waals surface area contributed by atoms with Crippen molar-refractivity contribution < 1.29 is 23.4 Å². The van der Waals surface area contributed by atoms with E-state index in [0.29, 0.717) is 17.1 Å². The molecular weight excluding hydrogens is 450 g/mol. The molecule has 3 aromatic rings. The molecule has 8 heteroatoms. The van der Waals surface area contributed by atoms with Crippen LogP contribution in [-0.4, -0.2) is 36.1 Å². The summed E-state index contributed by atoms with van der Waals surface area (Å²) in [7, 11) is -3.81. The van der Waals surface area contributed by atoms with Crippen LogP contribution in [0.2, 0.25) is 5.02 Å². The Morgan fingerprint density at radius 2 is 1.41 bits per heavy atom. The van der Waals surface area contributed by atoms with Gasteiger partial charge in [0.2, 0.25) is 10.0 Å². The zero-order chi connectivity index (χ0) is 22.5. The molecule has 0 unspecified atom stereocenters. The van der Waals surface area contributed by atoms with Crippen LogP contribution in [0.5, 0.6) is 11.5 Å². The lowest BCUT2D eigenvalue weighted by atomic mass is 9.83. The number of aromatic hydroxyl groups is 2. The molecule has 2 heterocycles. The molecule has 32 heavy (non-hydrogen) atoms. The van der Waals surface area contributed by atoms with Crippen molar-refractivity contribution in [2.45, 2.75) is 23.9 Å². The van der Waals surface area contributed by atoms with Crippen molar-refractivity contribution in [2.24, 2.45) is 0 Å². The van der Waals surface area contributed by atoms with Gasteiger partial charge in [-0.25, -0.2) is 8.42 Å². The lowest BCUT2D eigenvalue weighted by Crippen LogP contribution is -2.36. The smallest absolute Gasteiger partial charge is 0.238 e. The Labute approximate surface area is 190 Å². The topological polar surface area (TPSA) is 95.9 Å². The van der Waals surface area contributed by atoms with Crippen molar-refractivity contribution >= 4 is 38.5 Å². The predicted molar refractivity (Wildman–Crippen MR) is 124 cm³/mol. The number of phenols is 2. The van der Waals surface area contributed by atoms with E-state index in [-0.39, 0.29) is 11.5 Å². The van der Waals surface area contributed by atoms with Crippen molar-refractivity contribution in [3.8, 4) is 11.5 Å². The molecule has 5 rings (SSSR count). The van der Waals surface area contributed by atoms with Gasteiger partial charge in [0.25, 0.3) is 0 Å². The molecule has 6 nitrogen and oxygen atoms in total.